The van der Waals surface area contributed by atoms with Crippen LogP contribution >= 0.6 is 11.8 Å². The Morgan fingerprint density at radius 1 is 0.553 bits per heavy atom. The van der Waals surface area contributed by atoms with Crippen molar-refractivity contribution in [1.29, 1.82) is 0 Å². The number of pyridine rings is 2. The van der Waals surface area contributed by atoms with Gasteiger partial charge < -0.3 is 94.3 Å². The van der Waals surface area contributed by atoms with Crippen LogP contribution in [-0.4, -0.2) is 365 Å². The molecule has 3 aliphatic rings. The second-order valence-corrected chi connectivity index (χ2v) is 39.1. The summed E-state index contributed by atoms with van der Waals surface area (Å²) >= 11 is 1.56. The van der Waals surface area contributed by atoms with E-state index in [2.05, 4.69) is 28.2 Å². The monoisotopic (exact) mass is 1990 g/mol. The molecule has 0 aliphatic carbocycles. The maximum atomic E-state index is 14.5. The number of aromatic nitrogens is 2. The van der Waals surface area contributed by atoms with Gasteiger partial charge in [0.2, 0.25) is 94.5 Å². The van der Waals surface area contributed by atoms with Crippen LogP contribution in [0.25, 0.3) is 22.3 Å². The first-order valence-electron chi connectivity index (χ1n) is 48.9. The van der Waals surface area contributed by atoms with E-state index in [4.69, 9.17) is 14.5 Å². The van der Waals surface area contributed by atoms with E-state index >= 15 is 0 Å². The summed E-state index contributed by atoms with van der Waals surface area (Å²) in [6.45, 7) is 8.10. The molecule has 141 heavy (non-hydrogen) atoms. The molecule has 0 bridgehead atoms. The lowest BCUT2D eigenvalue weighted by Gasteiger charge is -2.31. The van der Waals surface area contributed by atoms with Crippen LogP contribution in [0.4, 0.5) is 10.5 Å². The maximum Gasteiger partial charge on any atom is 0.410 e. The number of rotatable bonds is 58. The number of nitrogens with zero attached hydrogens (tertiary/aromatic N) is 14. The number of imide groups is 1. The van der Waals surface area contributed by atoms with Gasteiger partial charge in [0.25, 0.3) is 5.56 Å². The summed E-state index contributed by atoms with van der Waals surface area (Å²) in [6.07, 6.45) is 16.8. The van der Waals surface area contributed by atoms with Crippen LogP contribution in [0.15, 0.2) is 59.4 Å². The third-order valence-electron chi connectivity index (χ3n) is 25.8. The van der Waals surface area contributed by atoms with E-state index in [1.54, 1.807) is 72.3 Å². The molecule has 4 atom stereocenters. The summed E-state index contributed by atoms with van der Waals surface area (Å²) in [5, 5.41) is 23.3. The van der Waals surface area contributed by atoms with Gasteiger partial charge in [-0.2, -0.15) is 0 Å². The van der Waals surface area contributed by atoms with Gasteiger partial charge in [-0.15, -0.1) is 11.8 Å². The molecule has 40 nitrogen and oxygen atoms in total. The van der Waals surface area contributed by atoms with E-state index < -0.39 is 170 Å². The number of cyclic esters (lactones) is 1. The summed E-state index contributed by atoms with van der Waals surface area (Å²) in [5.74, 6) is -9.06. The summed E-state index contributed by atoms with van der Waals surface area (Å²) in [6, 6.07) is 13.1. The maximum absolute atomic E-state index is 14.5. The number of hydrogen-bond acceptors (Lipinski definition) is 24. The summed E-state index contributed by atoms with van der Waals surface area (Å²) in [7, 11) is 13.4. The number of esters is 1. The van der Waals surface area contributed by atoms with Crippen LogP contribution in [0.3, 0.4) is 0 Å². The smallest absolute Gasteiger partial charge is 0.410 e. The van der Waals surface area contributed by atoms with Crippen molar-refractivity contribution in [1.82, 2.24) is 84.3 Å². The van der Waals surface area contributed by atoms with E-state index in [9.17, 15) is 96.2 Å². The second kappa shape index (κ2) is 56.3. The Hall–Kier alpha value is -12.4. The summed E-state index contributed by atoms with van der Waals surface area (Å²) in [5.41, 5.74) is 2.12. The lowest BCUT2D eigenvalue weighted by atomic mass is 9.86. The number of fused-ring (bicyclic) bond motifs is 5. The molecular formula is C100H148N18O22S. The molecular weight excluding hydrogens is 1840 g/mol. The van der Waals surface area contributed by atoms with Crippen molar-refractivity contribution in [2.75, 3.05) is 167 Å². The number of likely N-dealkylation sites (N-methyl/N-ethyl adjacent to an activating group) is 10. The normalized spacial score (nSPS) is 14.4. The Labute approximate surface area is 831 Å². The van der Waals surface area contributed by atoms with Crippen LogP contribution in [-0.2, 0) is 123 Å². The number of carbonyl (C=O) groups is 18. The van der Waals surface area contributed by atoms with Crippen molar-refractivity contribution in [2.24, 2.45) is 5.92 Å². The molecule has 7 rings (SSSR count). The number of ether oxygens (including phenoxy) is 2. The molecule has 41 heteroatoms. The minimum atomic E-state index is -2.01. The number of hydrogen-bond donors (Lipinski definition) is 5. The van der Waals surface area contributed by atoms with Crippen LogP contribution < -0.4 is 26.8 Å². The van der Waals surface area contributed by atoms with Gasteiger partial charge in [-0.3, -0.25) is 86.4 Å². The lowest BCUT2D eigenvalue weighted by Crippen LogP contribution is -2.54. The van der Waals surface area contributed by atoms with Gasteiger partial charge in [0.1, 0.15) is 25.3 Å². The van der Waals surface area contributed by atoms with Gasteiger partial charge in [0.05, 0.1) is 99.7 Å². The Bertz CT molecular complexity index is 5170. The Kier molecular flexibility index (Phi) is 46.1. The number of amides is 17. The standard InChI is InChI=1S/C100H148N18O22S/c1-18-20-21-22-23-24-25-26-27-28-29-37-50-141-79-52-82(122)117(97(79)135)48-36-30-31-41-80(120)105-92(66(3)4)95(133)104-77(94(132)102-70-44-42-69(43-45-70)64-140-99(137)116(67(5)6)49-46-71-72-38-32-33-39-76(72)103-93-73(71)53-118-78(93)51-75-74(96(118)134)65-139-98(136)100(75,138)19-2)40-34-35-47-101-81(121)54-107(9)84(124)56-109(11)86(126)58-111(13)88(128)60-113(15)90(130)62-115(17)91(131)63-114(16)89(129)61-112(14)87(127)59-110(12)85(125)57-108(10)83(123)55-106(8)68(7)119/h32-33,38-39,42-45,51,66-67,77,79,92,138H,18-31,34-37,40-41,46-50,52-65H2,1-17H3,(H,101,121)(H,102,132)(H,104,133)(H,105,120)/t77-,79?,92-,100-/m0/s1. The second-order valence-electron chi connectivity index (χ2n) is 37.8. The van der Waals surface area contributed by atoms with Crippen molar-refractivity contribution < 1.29 is 101 Å². The van der Waals surface area contributed by atoms with Gasteiger partial charge in [0.15, 0.2) is 5.60 Å². The first-order valence-corrected chi connectivity index (χ1v) is 50.0. The fourth-order valence-electron chi connectivity index (χ4n) is 16.4. The number of para-hydroxylation sites is 1. The fourth-order valence-corrected chi connectivity index (χ4v) is 17.5. The largest absolute Gasteiger partial charge is 0.458 e. The van der Waals surface area contributed by atoms with E-state index in [-0.39, 0.29) is 131 Å². The van der Waals surface area contributed by atoms with Crippen molar-refractivity contribution in [2.45, 2.75) is 238 Å². The number of aliphatic hydroxyl groups is 1. The third kappa shape index (κ3) is 34.5. The minimum absolute atomic E-state index is 0.0147. The fraction of sp³-hybridized carbons (Fsp3) is 0.620. The van der Waals surface area contributed by atoms with Crippen LogP contribution in [0.1, 0.15) is 211 Å². The topological polar surface area (TPSA) is 468 Å². The summed E-state index contributed by atoms with van der Waals surface area (Å²) < 4.78 is 12.8. The molecule has 2 aromatic carbocycles. The van der Waals surface area contributed by atoms with Gasteiger partial charge in [-0.25, -0.2) is 14.6 Å². The number of benzene rings is 2. The van der Waals surface area contributed by atoms with Crippen molar-refractivity contribution >= 4 is 135 Å². The van der Waals surface area contributed by atoms with Crippen molar-refractivity contribution in [3.63, 3.8) is 0 Å². The van der Waals surface area contributed by atoms with Crippen molar-refractivity contribution in [3.8, 4) is 11.4 Å². The molecule has 0 saturated carbocycles. The highest BCUT2D eigenvalue weighted by atomic mass is 32.2. The number of nitrogens with one attached hydrogen (secondary N) is 4. The van der Waals surface area contributed by atoms with Crippen LogP contribution in [0.5, 0.6) is 0 Å². The van der Waals surface area contributed by atoms with Crippen LogP contribution in [0.2, 0.25) is 0 Å². The number of carbonyl (C=O) groups excluding carboxylic acids is 18. The molecule has 17 amide bonds. The Morgan fingerprint density at radius 3 is 1.52 bits per heavy atom. The highest BCUT2D eigenvalue weighted by Crippen LogP contribution is 2.41. The first-order chi connectivity index (χ1) is 66.8. The van der Waals surface area contributed by atoms with E-state index in [1.807, 2.05) is 38.1 Å². The average molecular weight is 1990 g/mol. The molecule has 5 heterocycles. The highest BCUT2D eigenvalue weighted by Gasteiger charge is 2.46. The lowest BCUT2D eigenvalue weighted by molar-refractivity contribution is -0.172. The average Bonchev–Trinajstić information content (AvgIpc) is 1.58. The van der Waals surface area contributed by atoms with Gasteiger partial charge in [-0.1, -0.05) is 135 Å². The first kappa shape index (κ1) is 116. The van der Waals surface area contributed by atoms with Crippen molar-refractivity contribution in [3.05, 3.63) is 92.8 Å². The number of thioether (sulfide) groups is 1. The quantitative estimate of drug-likeness (QED) is 0.0188. The zero-order chi connectivity index (χ0) is 104. The number of likely N-dealkylation sites (tertiary alicyclic amines) is 1. The Morgan fingerprint density at radius 2 is 1.04 bits per heavy atom. The van der Waals surface area contributed by atoms with Crippen LogP contribution in [0, 0.1) is 5.92 Å². The zero-order valence-electron chi connectivity index (χ0n) is 85.3. The Balaban J connectivity index is 0.881. The molecule has 1 saturated heterocycles. The highest BCUT2D eigenvalue weighted by molar-refractivity contribution is 8.00. The molecule has 4 aromatic rings. The van der Waals surface area contributed by atoms with E-state index in [0.717, 1.165) is 79.2 Å². The van der Waals surface area contributed by atoms with Gasteiger partial charge in [0, 0.05) is 138 Å². The summed E-state index contributed by atoms with van der Waals surface area (Å²) in [4.78, 5) is 271. The predicted octanol–water partition coefficient (Wildman–Crippen LogP) is 5.25. The molecule has 1 unspecified atom stereocenters. The number of anilines is 1. The molecule has 2 aromatic heterocycles. The van der Waals surface area contributed by atoms with Gasteiger partial charge >= 0.3 is 12.1 Å². The molecule has 1 fully saturated rings. The number of unbranched alkanes of at least 4 members (excludes halogenated alkanes) is 14. The van der Waals surface area contributed by atoms with E-state index in [0.29, 0.717) is 53.8 Å². The van der Waals surface area contributed by atoms with Gasteiger partial charge in [-0.05, 0) is 112 Å². The molecule has 776 valence electrons. The molecule has 0 spiro atoms. The predicted molar refractivity (Wildman–Crippen MR) is 530 cm³/mol. The molecule has 0 radical (unpaired) electrons. The third-order valence-corrected chi connectivity index (χ3v) is 27.1. The minimum Gasteiger partial charge on any atom is -0.458 e. The molecule has 5 N–H and O–H groups in total. The zero-order valence-corrected chi connectivity index (χ0v) is 86.2. The SMILES string of the molecule is CCCCCCCCCCCCCCSC1CC(=O)N(CCCCCC(=O)N[C@H](C(=O)N[C@@H](CCCCNC(=O)CN(C)C(=O)CN(C)C(=O)CN(C)C(=O)CN(C)C(=O)CN(C)C(=O)CN(C)C(=O)CN(C)C(=O)CN(C)C(=O)CN(C)C(=O)CN(C)C(C)=O)C(=O)Nc2ccc(COC(=O)N(CCc3c4c(nc5ccccc35)-c3cc5c(c(=O)n3C4)COC(=O)[C@]5(O)CC)C(C)C)cc2)C(C)C)C1=O. The van der Waals surface area contributed by atoms with E-state index in [1.165, 1.54) is 151 Å². The molecule has 3 aliphatic heterocycles.